The number of allylic oxidation sites excluding steroid dienone is 2. The van der Waals surface area contributed by atoms with E-state index in [1.807, 2.05) is 0 Å². The van der Waals surface area contributed by atoms with Crippen molar-refractivity contribution >= 4 is 11.9 Å². The highest BCUT2D eigenvalue weighted by Crippen LogP contribution is 2.66. The molecule has 198 valence electrons. The number of rotatable bonds is 9. The normalized spacial score (nSPS) is 41.1. The molecule has 0 aliphatic heterocycles. The first-order valence-corrected chi connectivity index (χ1v) is 14.6. The molecule has 0 unspecified atom stereocenters. The molecule has 0 saturated heterocycles. The lowest BCUT2D eigenvalue weighted by Crippen LogP contribution is -2.52. The van der Waals surface area contributed by atoms with Crippen molar-refractivity contribution in [2.24, 2.45) is 52.3 Å². The van der Waals surface area contributed by atoms with Gasteiger partial charge in [-0.25, -0.2) is 0 Å². The smallest absolute Gasteiger partial charge is 0.306 e. The van der Waals surface area contributed by atoms with Gasteiger partial charge in [-0.05, 0) is 97.2 Å². The van der Waals surface area contributed by atoms with E-state index in [1.54, 1.807) is 0 Å². The Morgan fingerprint density at radius 1 is 1.03 bits per heavy atom. The van der Waals surface area contributed by atoms with Crippen LogP contribution in [0.25, 0.3) is 0 Å². The van der Waals surface area contributed by atoms with Crippen LogP contribution in [0.3, 0.4) is 0 Å². The summed E-state index contributed by atoms with van der Waals surface area (Å²) in [6, 6.07) is 0. The molecule has 4 aliphatic rings. The molecule has 9 atom stereocenters. The molecule has 0 bridgehead atoms. The van der Waals surface area contributed by atoms with Gasteiger partial charge < -0.3 is 9.84 Å². The van der Waals surface area contributed by atoms with Crippen molar-refractivity contribution in [3.63, 3.8) is 0 Å². The van der Waals surface area contributed by atoms with Crippen LogP contribution in [0.1, 0.15) is 112 Å². The summed E-state index contributed by atoms with van der Waals surface area (Å²) >= 11 is 0. The third kappa shape index (κ3) is 5.37. The monoisotopic (exact) mass is 486 g/mol. The Bertz CT molecular complexity index is 802. The van der Waals surface area contributed by atoms with Gasteiger partial charge in [0.1, 0.15) is 6.10 Å². The van der Waals surface area contributed by atoms with Gasteiger partial charge >= 0.3 is 11.9 Å². The van der Waals surface area contributed by atoms with Crippen molar-refractivity contribution in [3.8, 4) is 0 Å². The number of carboxylic acid groups (broad SMARTS) is 1. The van der Waals surface area contributed by atoms with E-state index in [0.29, 0.717) is 22.7 Å². The van der Waals surface area contributed by atoms with Crippen LogP contribution < -0.4 is 0 Å². The lowest BCUT2D eigenvalue weighted by atomic mass is 9.46. The van der Waals surface area contributed by atoms with E-state index in [1.165, 1.54) is 44.9 Å². The van der Waals surface area contributed by atoms with Crippen LogP contribution in [0.2, 0.25) is 0 Å². The highest BCUT2D eigenvalue weighted by Gasteiger charge is 2.59. The van der Waals surface area contributed by atoms with E-state index in [2.05, 4.69) is 46.8 Å². The summed E-state index contributed by atoms with van der Waals surface area (Å²) in [4.78, 5) is 22.9. The summed E-state index contributed by atoms with van der Waals surface area (Å²) in [6.07, 6.45) is 17.5. The molecule has 4 nitrogen and oxygen atoms in total. The van der Waals surface area contributed by atoms with E-state index in [9.17, 15) is 9.59 Å². The number of ether oxygens (including phenoxy) is 1. The van der Waals surface area contributed by atoms with Crippen LogP contribution in [0, 0.1) is 52.3 Å². The van der Waals surface area contributed by atoms with E-state index in [-0.39, 0.29) is 24.9 Å². The Kier molecular flexibility index (Phi) is 8.08. The second kappa shape index (κ2) is 10.6. The van der Waals surface area contributed by atoms with Crippen LogP contribution >= 0.6 is 0 Å². The van der Waals surface area contributed by atoms with E-state index in [4.69, 9.17) is 9.84 Å². The summed E-state index contributed by atoms with van der Waals surface area (Å²) < 4.78 is 5.72. The molecule has 1 N–H and O–H groups in total. The van der Waals surface area contributed by atoms with Crippen molar-refractivity contribution < 1.29 is 19.4 Å². The fourth-order valence-electron chi connectivity index (χ4n) is 9.14. The molecule has 0 heterocycles. The van der Waals surface area contributed by atoms with Crippen LogP contribution in [-0.4, -0.2) is 23.1 Å². The SMILES string of the molecule is CC(C)CCC[C@H](C)[C@H]1CC[C@H]2[C@H]3CC[C@@H]4C[C@@H](OC(=O)CCC(=O)O)CC[C@@]4(C)[C@@H]3C=C[C@@]12C. The molecule has 35 heavy (non-hydrogen) atoms. The van der Waals surface area contributed by atoms with Gasteiger partial charge in [-0.2, -0.15) is 0 Å². The van der Waals surface area contributed by atoms with Gasteiger partial charge in [-0.3, -0.25) is 9.59 Å². The Hall–Kier alpha value is -1.32. The Morgan fingerprint density at radius 2 is 1.80 bits per heavy atom. The minimum absolute atomic E-state index is 0.0154. The van der Waals surface area contributed by atoms with Gasteiger partial charge in [-0.15, -0.1) is 0 Å². The zero-order chi connectivity index (χ0) is 25.4. The topological polar surface area (TPSA) is 63.6 Å². The molecule has 4 aliphatic carbocycles. The quantitative estimate of drug-likeness (QED) is 0.268. The maximum Gasteiger partial charge on any atom is 0.306 e. The Morgan fingerprint density at radius 3 is 2.51 bits per heavy atom. The van der Waals surface area contributed by atoms with Crippen LogP contribution in [-0.2, 0) is 14.3 Å². The molecule has 4 rings (SSSR count). The first-order valence-electron chi connectivity index (χ1n) is 14.6. The van der Waals surface area contributed by atoms with Gasteiger partial charge in [-0.1, -0.05) is 66.0 Å². The van der Waals surface area contributed by atoms with Crippen molar-refractivity contribution in [3.05, 3.63) is 12.2 Å². The summed E-state index contributed by atoms with van der Waals surface area (Å²) in [5.41, 5.74) is 0.657. The minimum Gasteiger partial charge on any atom is -0.481 e. The first-order chi connectivity index (χ1) is 16.5. The van der Waals surface area contributed by atoms with Gasteiger partial charge in [0.2, 0.25) is 0 Å². The number of fused-ring (bicyclic) bond motifs is 5. The number of aliphatic carboxylic acids is 1. The Labute approximate surface area is 213 Å². The molecule has 0 aromatic carbocycles. The van der Waals surface area contributed by atoms with Gasteiger partial charge in [0, 0.05) is 0 Å². The Balaban J connectivity index is 1.41. The third-order valence-electron chi connectivity index (χ3n) is 11.1. The lowest BCUT2D eigenvalue weighted by Gasteiger charge is -2.59. The summed E-state index contributed by atoms with van der Waals surface area (Å²) in [5.74, 6) is 4.02. The summed E-state index contributed by atoms with van der Waals surface area (Å²) in [7, 11) is 0. The van der Waals surface area contributed by atoms with Gasteiger partial charge in [0.25, 0.3) is 0 Å². The molecule has 0 aromatic rings. The molecule has 3 saturated carbocycles. The van der Waals surface area contributed by atoms with Gasteiger partial charge in [0.15, 0.2) is 0 Å². The number of esters is 1. The van der Waals surface area contributed by atoms with E-state index >= 15 is 0 Å². The number of carbonyl (C=O) groups is 2. The summed E-state index contributed by atoms with van der Waals surface area (Å²) in [5, 5.41) is 8.84. The number of carbonyl (C=O) groups excluding carboxylic acids is 1. The second-order valence-corrected chi connectivity index (χ2v) is 13.6. The van der Waals surface area contributed by atoms with Gasteiger partial charge in [0.05, 0.1) is 12.8 Å². The number of hydrogen-bond donors (Lipinski definition) is 1. The molecule has 0 radical (unpaired) electrons. The van der Waals surface area contributed by atoms with Crippen LogP contribution in [0.5, 0.6) is 0 Å². The number of hydrogen-bond acceptors (Lipinski definition) is 3. The largest absolute Gasteiger partial charge is 0.481 e. The minimum atomic E-state index is -0.938. The average molecular weight is 487 g/mol. The molecule has 4 heteroatoms. The maximum absolute atomic E-state index is 12.1. The van der Waals surface area contributed by atoms with Crippen molar-refractivity contribution in [2.75, 3.05) is 0 Å². The van der Waals surface area contributed by atoms with Crippen molar-refractivity contribution in [2.45, 2.75) is 118 Å². The van der Waals surface area contributed by atoms with Crippen LogP contribution in [0.4, 0.5) is 0 Å². The standard InChI is InChI=1S/C31H50O4/c1-20(2)7-6-8-21(3)25-11-12-26-24-10-9-22-19-23(35-29(34)14-13-28(32)33)15-17-30(22,4)27(24)16-18-31(25,26)5/h16,18,20-27H,6-15,17,19H2,1-5H3,(H,32,33)/t21-,22+,23-,24+,25+,26-,27+,30+,31-/m0/s1. The zero-order valence-electron chi connectivity index (χ0n) is 22.9. The van der Waals surface area contributed by atoms with E-state index < -0.39 is 5.97 Å². The van der Waals surface area contributed by atoms with Crippen LogP contribution in [0.15, 0.2) is 12.2 Å². The molecular weight excluding hydrogens is 436 g/mol. The predicted octanol–water partition coefficient (Wildman–Crippen LogP) is 7.66. The lowest BCUT2D eigenvalue weighted by molar-refractivity contribution is -0.159. The maximum atomic E-state index is 12.1. The predicted molar refractivity (Wildman–Crippen MR) is 140 cm³/mol. The molecule has 0 aromatic heterocycles. The highest BCUT2D eigenvalue weighted by atomic mass is 16.5. The molecular formula is C31H50O4. The van der Waals surface area contributed by atoms with E-state index in [0.717, 1.165) is 48.9 Å². The average Bonchev–Trinajstić information content (AvgIpc) is 3.15. The van der Waals surface area contributed by atoms with Crippen molar-refractivity contribution in [1.82, 2.24) is 0 Å². The number of carboxylic acids is 1. The molecule has 3 fully saturated rings. The zero-order valence-corrected chi connectivity index (χ0v) is 22.9. The summed E-state index contributed by atoms with van der Waals surface area (Å²) in [6.45, 7) is 12.3. The fraction of sp³-hybridized carbons (Fsp3) is 0.871. The third-order valence-corrected chi connectivity index (χ3v) is 11.1. The molecule has 0 amide bonds. The first kappa shape index (κ1) is 26.7. The second-order valence-electron chi connectivity index (χ2n) is 13.6. The van der Waals surface area contributed by atoms with Crippen molar-refractivity contribution in [1.29, 1.82) is 0 Å². The highest BCUT2D eigenvalue weighted by molar-refractivity contribution is 5.76. The fourth-order valence-corrected chi connectivity index (χ4v) is 9.14. The molecule has 0 spiro atoms.